The number of rotatable bonds is 6. The summed E-state index contributed by atoms with van der Waals surface area (Å²) < 4.78 is 27.6. The lowest BCUT2D eigenvalue weighted by atomic mass is 10.0. The maximum Gasteiger partial charge on any atom is 0.244 e. The van der Waals surface area contributed by atoms with Crippen molar-refractivity contribution in [3.8, 4) is 0 Å². The zero-order valence-corrected chi connectivity index (χ0v) is 13.5. The van der Waals surface area contributed by atoms with Crippen molar-refractivity contribution < 1.29 is 8.42 Å². The van der Waals surface area contributed by atoms with Gasteiger partial charge in [-0.3, -0.25) is 5.10 Å². The molecule has 114 valence electrons. The molecular weight excluding hydrogens is 296 g/mol. The molecule has 2 heterocycles. The molecule has 0 unspecified atom stereocenters. The third kappa shape index (κ3) is 3.75. The van der Waals surface area contributed by atoms with Crippen molar-refractivity contribution in [3.63, 3.8) is 0 Å². The highest BCUT2D eigenvalue weighted by Gasteiger charge is 2.25. The topological polar surface area (TPSA) is 86.9 Å². The highest BCUT2D eigenvalue weighted by atomic mass is 32.2. The van der Waals surface area contributed by atoms with Crippen molar-refractivity contribution in [3.05, 3.63) is 11.4 Å². The van der Waals surface area contributed by atoms with Crippen molar-refractivity contribution in [2.45, 2.75) is 31.2 Å². The molecule has 3 N–H and O–H groups in total. The summed E-state index contributed by atoms with van der Waals surface area (Å²) in [5, 5.41) is 9.75. The van der Waals surface area contributed by atoms with Gasteiger partial charge in [-0.25, -0.2) is 13.1 Å². The van der Waals surface area contributed by atoms with Gasteiger partial charge in [0.2, 0.25) is 10.0 Å². The first kappa shape index (κ1) is 15.8. The second kappa shape index (κ2) is 6.93. The number of nitrogens with zero attached hydrogens (tertiary/aromatic N) is 1. The van der Waals surface area contributed by atoms with Crippen LogP contribution in [0.15, 0.2) is 4.90 Å². The van der Waals surface area contributed by atoms with E-state index in [0.717, 1.165) is 24.3 Å². The predicted octanol–water partition coefficient (Wildman–Crippen LogP) is 0.859. The summed E-state index contributed by atoms with van der Waals surface area (Å²) >= 11 is 1.94. The molecule has 0 atom stereocenters. The Kier molecular flexibility index (Phi) is 5.48. The van der Waals surface area contributed by atoms with Gasteiger partial charge >= 0.3 is 0 Å². The second-order valence-corrected chi connectivity index (χ2v) is 7.99. The van der Waals surface area contributed by atoms with E-state index in [0.29, 0.717) is 30.4 Å². The largest absolute Gasteiger partial charge is 0.314 e. The molecule has 1 saturated heterocycles. The average molecular weight is 318 g/mol. The maximum absolute atomic E-state index is 12.4. The first-order chi connectivity index (χ1) is 9.54. The van der Waals surface area contributed by atoms with Crippen LogP contribution in [-0.4, -0.2) is 43.7 Å². The molecule has 20 heavy (non-hydrogen) atoms. The monoisotopic (exact) mass is 318 g/mol. The van der Waals surface area contributed by atoms with E-state index in [-0.39, 0.29) is 4.90 Å². The van der Waals surface area contributed by atoms with Gasteiger partial charge in [0.1, 0.15) is 4.90 Å². The zero-order valence-electron chi connectivity index (χ0n) is 11.9. The summed E-state index contributed by atoms with van der Waals surface area (Å²) in [4.78, 5) is 0.289. The highest BCUT2D eigenvalue weighted by molar-refractivity contribution is 7.99. The fourth-order valence-corrected chi connectivity index (χ4v) is 5.04. The molecule has 6 nitrogen and oxygen atoms in total. The summed E-state index contributed by atoms with van der Waals surface area (Å²) in [6.45, 7) is 2.69. The maximum atomic E-state index is 12.4. The molecule has 2 rings (SSSR count). The Morgan fingerprint density at radius 2 is 2.10 bits per heavy atom. The summed E-state index contributed by atoms with van der Waals surface area (Å²) in [6.07, 6.45) is 2.17. The number of aromatic nitrogens is 2. The number of H-pyrrole nitrogens is 1. The summed E-state index contributed by atoms with van der Waals surface area (Å²) in [6, 6.07) is 0. The van der Waals surface area contributed by atoms with Crippen molar-refractivity contribution in [1.82, 2.24) is 20.2 Å². The van der Waals surface area contributed by atoms with Crippen LogP contribution < -0.4 is 10.0 Å². The van der Waals surface area contributed by atoms with Gasteiger partial charge in [-0.05, 0) is 44.2 Å². The Morgan fingerprint density at radius 3 is 2.75 bits per heavy atom. The Labute approximate surface area is 124 Å². The van der Waals surface area contributed by atoms with Gasteiger partial charge in [0, 0.05) is 13.1 Å². The Morgan fingerprint density at radius 1 is 1.40 bits per heavy atom. The van der Waals surface area contributed by atoms with E-state index in [1.807, 2.05) is 11.8 Å². The van der Waals surface area contributed by atoms with Gasteiger partial charge in [-0.15, -0.1) is 0 Å². The number of sulfonamides is 1. The first-order valence-electron chi connectivity index (χ1n) is 6.80. The summed E-state index contributed by atoms with van der Waals surface area (Å²) in [5.74, 6) is 2.70. The predicted molar refractivity (Wildman–Crippen MR) is 81.3 cm³/mol. The highest BCUT2D eigenvalue weighted by Crippen LogP contribution is 2.23. The minimum atomic E-state index is -3.49. The van der Waals surface area contributed by atoms with Crippen molar-refractivity contribution in [2.24, 2.45) is 5.92 Å². The Bertz CT molecular complexity index is 536. The minimum Gasteiger partial charge on any atom is -0.314 e. The van der Waals surface area contributed by atoms with Gasteiger partial charge < -0.3 is 5.32 Å². The van der Waals surface area contributed by atoms with Crippen LogP contribution in [0.4, 0.5) is 0 Å². The molecule has 0 aromatic carbocycles. The van der Waals surface area contributed by atoms with E-state index in [9.17, 15) is 8.42 Å². The van der Waals surface area contributed by atoms with Gasteiger partial charge in [-0.2, -0.15) is 16.9 Å². The van der Waals surface area contributed by atoms with Crippen molar-refractivity contribution in [1.29, 1.82) is 0 Å². The fourth-order valence-electron chi connectivity index (χ4n) is 2.36. The summed E-state index contributed by atoms with van der Waals surface area (Å²) in [7, 11) is -1.72. The van der Waals surface area contributed by atoms with Crippen LogP contribution in [0.2, 0.25) is 0 Å². The fraction of sp³-hybridized carbons (Fsp3) is 0.750. The van der Waals surface area contributed by atoms with Gasteiger partial charge in [0.15, 0.2) is 0 Å². The molecule has 1 aliphatic heterocycles. The molecule has 0 aliphatic carbocycles. The van der Waals surface area contributed by atoms with Gasteiger partial charge in [0.25, 0.3) is 0 Å². The Hall–Kier alpha value is -0.570. The number of aromatic amines is 1. The number of nitrogens with one attached hydrogen (secondary N) is 3. The second-order valence-electron chi connectivity index (χ2n) is 5.06. The molecule has 0 spiro atoms. The van der Waals surface area contributed by atoms with Crippen LogP contribution in [0.25, 0.3) is 0 Å². The summed E-state index contributed by atoms with van der Waals surface area (Å²) in [5.41, 5.74) is 1.12. The van der Waals surface area contributed by atoms with Crippen LogP contribution in [0.1, 0.15) is 24.2 Å². The minimum absolute atomic E-state index is 0.289. The molecule has 0 saturated carbocycles. The van der Waals surface area contributed by atoms with E-state index in [1.165, 1.54) is 0 Å². The van der Waals surface area contributed by atoms with Crippen LogP contribution in [0, 0.1) is 12.8 Å². The number of aryl methyl sites for hydroxylation is 1. The molecule has 1 aromatic rings. The van der Waals surface area contributed by atoms with Crippen molar-refractivity contribution >= 4 is 21.8 Å². The molecular formula is C12H22N4O2S2. The van der Waals surface area contributed by atoms with E-state index in [2.05, 4.69) is 20.2 Å². The van der Waals surface area contributed by atoms with Gasteiger partial charge in [-0.1, -0.05) is 0 Å². The van der Waals surface area contributed by atoms with E-state index >= 15 is 0 Å². The number of hydrogen-bond donors (Lipinski definition) is 3. The average Bonchev–Trinajstić information content (AvgIpc) is 2.80. The molecule has 1 aliphatic rings. The van der Waals surface area contributed by atoms with E-state index in [4.69, 9.17) is 0 Å². The van der Waals surface area contributed by atoms with Crippen LogP contribution in [0.5, 0.6) is 0 Å². The zero-order chi connectivity index (χ0) is 14.6. The lowest BCUT2D eigenvalue weighted by Gasteiger charge is -2.21. The molecule has 0 bridgehead atoms. The molecule has 0 radical (unpaired) electrons. The Balaban J connectivity index is 2.07. The van der Waals surface area contributed by atoms with Crippen molar-refractivity contribution in [2.75, 3.05) is 25.1 Å². The molecule has 0 amide bonds. The molecule has 1 aromatic heterocycles. The quantitative estimate of drug-likeness (QED) is 0.724. The lowest BCUT2D eigenvalue weighted by Crippen LogP contribution is -2.32. The normalized spacial score (nSPS) is 17.5. The molecule has 8 heteroatoms. The van der Waals surface area contributed by atoms with E-state index in [1.54, 1.807) is 14.0 Å². The smallest absolute Gasteiger partial charge is 0.244 e. The van der Waals surface area contributed by atoms with Crippen LogP contribution in [-0.2, 0) is 16.6 Å². The van der Waals surface area contributed by atoms with Crippen LogP contribution >= 0.6 is 11.8 Å². The standard InChI is InChI=1S/C12H22N4O2S2/c1-9-12(11(8-13-2)16-15-9)20(17,18)14-7-10-3-5-19-6-4-10/h10,13-14H,3-8H2,1-2H3,(H,15,16). The third-order valence-corrected chi connectivity index (χ3v) is 6.15. The number of thioether (sulfide) groups is 1. The lowest BCUT2D eigenvalue weighted by molar-refractivity contribution is 0.476. The van der Waals surface area contributed by atoms with Crippen LogP contribution in [0.3, 0.4) is 0 Å². The van der Waals surface area contributed by atoms with E-state index < -0.39 is 10.0 Å². The van der Waals surface area contributed by atoms with Gasteiger partial charge in [0.05, 0.1) is 11.4 Å². The first-order valence-corrected chi connectivity index (χ1v) is 9.44. The molecule has 1 fully saturated rings. The SMILES string of the molecule is CNCc1n[nH]c(C)c1S(=O)(=O)NCC1CCSCC1. The number of hydrogen-bond acceptors (Lipinski definition) is 5. The third-order valence-electron chi connectivity index (χ3n) is 3.48.